The average Bonchev–Trinajstić information content (AvgIpc) is 3.41. The first kappa shape index (κ1) is 16.4. The Morgan fingerprint density at radius 2 is 2.08 bits per heavy atom. The molecule has 4 rings (SSSR count). The molecule has 0 aliphatic carbocycles. The van der Waals surface area contributed by atoms with Crippen molar-refractivity contribution in [2.24, 2.45) is 0 Å². The summed E-state index contributed by atoms with van der Waals surface area (Å²) in [5.74, 6) is 1.27. The summed E-state index contributed by atoms with van der Waals surface area (Å²) in [6.07, 6.45) is 3.25. The Kier molecular flexibility index (Phi) is 4.24. The monoisotopic (exact) mass is 352 g/mol. The Morgan fingerprint density at radius 3 is 2.81 bits per heavy atom. The third kappa shape index (κ3) is 2.98. The van der Waals surface area contributed by atoms with E-state index in [0.717, 1.165) is 18.5 Å². The van der Waals surface area contributed by atoms with Crippen molar-refractivity contribution < 1.29 is 9.32 Å². The Labute approximate surface area is 150 Å². The van der Waals surface area contributed by atoms with Crippen LogP contribution in [0.3, 0.4) is 0 Å². The number of carbonyl (C=O) groups is 1. The lowest BCUT2D eigenvalue weighted by Crippen LogP contribution is -2.32. The van der Waals surface area contributed by atoms with Crippen molar-refractivity contribution in [3.05, 3.63) is 54.2 Å². The highest BCUT2D eigenvalue weighted by atomic mass is 16.5. The molecule has 1 saturated heterocycles. The van der Waals surface area contributed by atoms with Crippen LogP contribution < -0.4 is 0 Å². The Hall–Kier alpha value is -3.03. The topological polar surface area (TPSA) is 89.9 Å². The number of amides is 1. The quantitative estimate of drug-likeness (QED) is 0.717. The van der Waals surface area contributed by atoms with Crippen LogP contribution in [0.4, 0.5) is 0 Å². The number of hydrogen-bond acceptors (Lipinski definition) is 6. The number of para-hydroxylation sites is 1. The molecule has 134 valence electrons. The molecule has 26 heavy (non-hydrogen) atoms. The standard InChI is InChI=1S/C18H20N6O2/c1-12(2)17-20-15(22-26-17)14-9-6-10-23(14)18(25)16-19-11-24(21-16)13-7-4-3-5-8-13/h3-5,7-8,11-12,14H,6,9-10H2,1-2H3. The molecule has 0 radical (unpaired) electrons. The van der Waals surface area contributed by atoms with E-state index >= 15 is 0 Å². The molecule has 8 heteroatoms. The second kappa shape index (κ2) is 6.70. The molecular formula is C18H20N6O2. The highest BCUT2D eigenvalue weighted by Gasteiger charge is 2.35. The van der Waals surface area contributed by atoms with Gasteiger partial charge < -0.3 is 9.42 Å². The SMILES string of the molecule is CC(C)c1nc(C2CCCN2C(=O)c2ncn(-c3ccccc3)n2)no1. The van der Waals surface area contributed by atoms with Crippen molar-refractivity contribution >= 4 is 5.91 Å². The van der Waals surface area contributed by atoms with Crippen LogP contribution >= 0.6 is 0 Å². The predicted octanol–water partition coefficient (Wildman–Crippen LogP) is 2.75. The van der Waals surface area contributed by atoms with Gasteiger partial charge >= 0.3 is 0 Å². The number of likely N-dealkylation sites (tertiary alicyclic amines) is 1. The number of carbonyl (C=O) groups excluding carboxylic acids is 1. The molecule has 0 N–H and O–H groups in total. The summed E-state index contributed by atoms with van der Waals surface area (Å²) >= 11 is 0. The van der Waals surface area contributed by atoms with E-state index in [4.69, 9.17) is 4.52 Å². The van der Waals surface area contributed by atoms with E-state index in [9.17, 15) is 4.79 Å². The lowest BCUT2D eigenvalue weighted by Gasteiger charge is -2.20. The van der Waals surface area contributed by atoms with Crippen molar-refractivity contribution in [3.63, 3.8) is 0 Å². The molecule has 1 amide bonds. The zero-order valence-corrected chi connectivity index (χ0v) is 14.7. The minimum Gasteiger partial charge on any atom is -0.339 e. The molecule has 8 nitrogen and oxygen atoms in total. The highest BCUT2D eigenvalue weighted by Crippen LogP contribution is 2.31. The van der Waals surface area contributed by atoms with Gasteiger partial charge in [-0.05, 0) is 25.0 Å². The fourth-order valence-electron chi connectivity index (χ4n) is 3.09. The van der Waals surface area contributed by atoms with Crippen LogP contribution in [0, 0.1) is 0 Å². The van der Waals surface area contributed by atoms with Crippen molar-refractivity contribution in [2.75, 3.05) is 6.54 Å². The van der Waals surface area contributed by atoms with Crippen LogP contribution in [-0.2, 0) is 0 Å². The van der Waals surface area contributed by atoms with Crippen molar-refractivity contribution in [1.82, 2.24) is 29.8 Å². The minimum absolute atomic E-state index is 0.157. The first-order chi connectivity index (χ1) is 12.6. The first-order valence-corrected chi connectivity index (χ1v) is 8.75. The van der Waals surface area contributed by atoms with Gasteiger partial charge in [-0.1, -0.05) is 37.2 Å². The zero-order valence-electron chi connectivity index (χ0n) is 14.7. The molecule has 1 unspecified atom stereocenters. The van der Waals surface area contributed by atoms with Gasteiger partial charge in [-0.15, -0.1) is 5.10 Å². The summed E-state index contributed by atoms with van der Waals surface area (Å²) in [5.41, 5.74) is 0.858. The maximum atomic E-state index is 12.9. The molecule has 0 bridgehead atoms. The summed E-state index contributed by atoms with van der Waals surface area (Å²) in [5, 5.41) is 8.41. The van der Waals surface area contributed by atoms with Gasteiger partial charge in [-0.3, -0.25) is 4.79 Å². The van der Waals surface area contributed by atoms with Crippen molar-refractivity contribution in [1.29, 1.82) is 0 Å². The largest absolute Gasteiger partial charge is 0.339 e. The predicted molar refractivity (Wildman–Crippen MR) is 92.8 cm³/mol. The molecule has 1 aromatic carbocycles. The van der Waals surface area contributed by atoms with Crippen LogP contribution in [0.2, 0.25) is 0 Å². The Bertz CT molecular complexity index is 901. The van der Waals surface area contributed by atoms with E-state index in [1.54, 1.807) is 15.9 Å². The summed E-state index contributed by atoms with van der Waals surface area (Å²) in [6.45, 7) is 4.62. The van der Waals surface area contributed by atoms with Gasteiger partial charge in [0, 0.05) is 12.5 Å². The van der Waals surface area contributed by atoms with Gasteiger partial charge in [0.05, 0.1) is 11.7 Å². The van der Waals surface area contributed by atoms with Gasteiger partial charge in [0.15, 0.2) is 5.82 Å². The number of hydrogen-bond donors (Lipinski definition) is 0. The lowest BCUT2D eigenvalue weighted by molar-refractivity contribution is 0.0716. The van der Waals surface area contributed by atoms with Gasteiger partial charge in [-0.2, -0.15) is 4.98 Å². The number of aromatic nitrogens is 5. The van der Waals surface area contributed by atoms with E-state index in [1.807, 2.05) is 44.2 Å². The molecule has 1 atom stereocenters. The fourth-order valence-corrected chi connectivity index (χ4v) is 3.09. The normalized spacial score (nSPS) is 17.2. The molecule has 2 aromatic heterocycles. The van der Waals surface area contributed by atoms with Gasteiger partial charge in [0.25, 0.3) is 5.91 Å². The summed E-state index contributed by atoms with van der Waals surface area (Å²) in [7, 11) is 0. The number of benzene rings is 1. The second-order valence-electron chi connectivity index (χ2n) is 6.65. The smallest absolute Gasteiger partial charge is 0.294 e. The molecule has 1 aliphatic rings. The maximum Gasteiger partial charge on any atom is 0.294 e. The van der Waals surface area contributed by atoms with Crippen LogP contribution in [0.1, 0.15) is 61.0 Å². The van der Waals surface area contributed by atoms with Gasteiger partial charge in [0.2, 0.25) is 11.7 Å². The zero-order chi connectivity index (χ0) is 18.1. The molecule has 1 aliphatic heterocycles. The summed E-state index contributed by atoms with van der Waals surface area (Å²) in [6, 6.07) is 9.39. The number of rotatable bonds is 4. The van der Waals surface area contributed by atoms with Gasteiger partial charge in [-0.25, -0.2) is 9.67 Å². The van der Waals surface area contributed by atoms with E-state index < -0.39 is 0 Å². The third-order valence-electron chi connectivity index (χ3n) is 4.47. The first-order valence-electron chi connectivity index (χ1n) is 8.75. The molecule has 3 heterocycles. The molecule has 0 spiro atoms. The third-order valence-corrected chi connectivity index (χ3v) is 4.47. The van der Waals surface area contributed by atoms with Crippen molar-refractivity contribution in [2.45, 2.75) is 38.6 Å². The van der Waals surface area contributed by atoms with Crippen LogP contribution in [-0.4, -0.2) is 42.3 Å². The van der Waals surface area contributed by atoms with E-state index in [1.165, 1.54) is 0 Å². The maximum absolute atomic E-state index is 12.9. The molecule has 1 fully saturated rings. The molecular weight excluding hydrogens is 332 g/mol. The highest BCUT2D eigenvalue weighted by molar-refractivity contribution is 5.90. The lowest BCUT2D eigenvalue weighted by atomic mass is 10.2. The van der Waals surface area contributed by atoms with Gasteiger partial charge in [0.1, 0.15) is 6.33 Å². The van der Waals surface area contributed by atoms with E-state index in [2.05, 4.69) is 20.2 Å². The molecule has 0 saturated carbocycles. The summed E-state index contributed by atoms with van der Waals surface area (Å²) in [4.78, 5) is 23.3. The van der Waals surface area contributed by atoms with Crippen LogP contribution in [0.5, 0.6) is 0 Å². The Morgan fingerprint density at radius 1 is 1.27 bits per heavy atom. The van der Waals surface area contributed by atoms with E-state index in [0.29, 0.717) is 18.3 Å². The van der Waals surface area contributed by atoms with Crippen LogP contribution in [0.25, 0.3) is 5.69 Å². The average molecular weight is 352 g/mol. The second-order valence-corrected chi connectivity index (χ2v) is 6.65. The van der Waals surface area contributed by atoms with Crippen LogP contribution in [0.15, 0.2) is 41.2 Å². The minimum atomic E-state index is -0.210. The Balaban J connectivity index is 1.56. The van der Waals surface area contributed by atoms with E-state index in [-0.39, 0.29) is 23.7 Å². The van der Waals surface area contributed by atoms with Crippen molar-refractivity contribution in [3.8, 4) is 5.69 Å². The fraction of sp³-hybridized carbons (Fsp3) is 0.389. The molecule has 3 aromatic rings. The summed E-state index contributed by atoms with van der Waals surface area (Å²) < 4.78 is 6.90. The number of nitrogens with zero attached hydrogens (tertiary/aromatic N) is 6.